The molecule has 1 aromatic carbocycles. The zero-order valence-corrected chi connectivity index (χ0v) is 11.6. The molecule has 1 heterocycles. The van der Waals surface area contributed by atoms with Gasteiger partial charge >= 0.3 is 0 Å². The molecule has 0 amide bonds. The second-order valence-electron chi connectivity index (χ2n) is 4.53. The summed E-state index contributed by atoms with van der Waals surface area (Å²) in [5.41, 5.74) is 2.37. The summed E-state index contributed by atoms with van der Waals surface area (Å²) >= 11 is 0. The van der Waals surface area contributed by atoms with E-state index in [1.54, 1.807) is 0 Å². The van der Waals surface area contributed by atoms with Gasteiger partial charge < -0.3 is 5.32 Å². The van der Waals surface area contributed by atoms with E-state index in [1.165, 1.54) is 10.9 Å². The monoisotopic (exact) mass is 252 g/mol. The maximum absolute atomic E-state index is 4.36. The van der Waals surface area contributed by atoms with Crippen LogP contribution in [0.15, 0.2) is 36.5 Å². The first-order valence-electron chi connectivity index (χ1n) is 6.82. The summed E-state index contributed by atoms with van der Waals surface area (Å²) in [6.45, 7) is 5.00. The molecular weight excluding hydrogens is 232 g/mol. The topological polar surface area (TPSA) is 24.9 Å². The fourth-order valence-corrected chi connectivity index (χ4v) is 2.29. The Hall–Kier alpha value is -1.85. The maximum Gasteiger partial charge on any atom is 0.0702 e. The molecule has 1 N–H and O–H groups in total. The number of rotatable bonds is 5. The minimum absolute atomic E-state index is 0.371. The molecule has 19 heavy (non-hydrogen) atoms. The van der Waals surface area contributed by atoms with E-state index >= 15 is 0 Å². The van der Waals surface area contributed by atoms with E-state index < -0.39 is 0 Å². The average molecular weight is 252 g/mol. The molecule has 2 rings (SSSR count). The second kappa shape index (κ2) is 6.92. The Kier molecular flexibility index (Phi) is 4.94. The number of fused-ring (bicyclic) bond motifs is 1. The molecule has 2 aromatic rings. The minimum atomic E-state index is 0.371. The predicted molar refractivity (Wildman–Crippen MR) is 80.8 cm³/mol. The number of benzene rings is 1. The van der Waals surface area contributed by atoms with Crippen LogP contribution < -0.4 is 5.32 Å². The highest BCUT2D eigenvalue weighted by Gasteiger charge is 2.10. The lowest BCUT2D eigenvalue weighted by molar-refractivity contribution is 0.523. The van der Waals surface area contributed by atoms with E-state index in [-0.39, 0.29) is 0 Å². The van der Waals surface area contributed by atoms with Crippen molar-refractivity contribution in [1.82, 2.24) is 10.3 Å². The highest BCUT2D eigenvalue weighted by atomic mass is 14.9. The first-order valence-corrected chi connectivity index (χ1v) is 6.82. The van der Waals surface area contributed by atoms with E-state index in [1.807, 2.05) is 19.2 Å². The van der Waals surface area contributed by atoms with Crippen LogP contribution in [0.2, 0.25) is 0 Å². The van der Waals surface area contributed by atoms with Crippen LogP contribution in [0.1, 0.15) is 38.3 Å². The van der Waals surface area contributed by atoms with Crippen molar-refractivity contribution < 1.29 is 0 Å². The lowest BCUT2D eigenvalue weighted by atomic mass is 10.00. The molecule has 0 aliphatic rings. The van der Waals surface area contributed by atoms with Gasteiger partial charge in [-0.25, -0.2) is 0 Å². The summed E-state index contributed by atoms with van der Waals surface area (Å²) in [6, 6.07) is 11.0. The lowest BCUT2D eigenvalue weighted by Gasteiger charge is -2.17. The van der Waals surface area contributed by atoms with Crippen molar-refractivity contribution >= 4 is 10.9 Å². The smallest absolute Gasteiger partial charge is 0.0702 e. The van der Waals surface area contributed by atoms with Crippen molar-refractivity contribution in [2.24, 2.45) is 0 Å². The van der Waals surface area contributed by atoms with Crippen molar-refractivity contribution in [3.63, 3.8) is 0 Å². The molecule has 1 aromatic heterocycles. The van der Waals surface area contributed by atoms with Crippen LogP contribution in [-0.4, -0.2) is 11.5 Å². The molecule has 0 saturated heterocycles. The fourth-order valence-electron chi connectivity index (χ4n) is 2.29. The van der Waals surface area contributed by atoms with Crippen molar-refractivity contribution in [2.45, 2.75) is 32.7 Å². The number of nitrogens with zero attached hydrogens (tertiary/aromatic N) is 1. The van der Waals surface area contributed by atoms with E-state index in [2.05, 4.69) is 53.3 Å². The Balaban J connectivity index is 2.23. The first-order chi connectivity index (χ1) is 9.35. The predicted octanol–water partition coefficient (Wildman–Crippen LogP) is 3.69. The van der Waals surface area contributed by atoms with Crippen LogP contribution in [0.4, 0.5) is 0 Å². The van der Waals surface area contributed by atoms with E-state index in [9.17, 15) is 0 Å². The van der Waals surface area contributed by atoms with Crippen LogP contribution in [0.5, 0.6) is 0 Å². The van der Waals surface area contributed by atoms with Crippen molar-refractivity contribution in [3.05, 3.63) is 42.1 Å². The van der Waals surface area contributed by atoms with E-state index in [4.69, 9.17) is 0 Å². The highest BCUT2D eigenvalue weighted by molar-refractivity contribution is 5.79. The SMILES string of the molecule is CC#CCCC(NCC)c1ccc2ncccc2c1. The van der Waals surface area contributed by atoms with Gasteiger partial charge in [0.15, 0.2) is 0 Å². The van der Waals surface area contributed by atoms with E-state index in [0.29, 0.717) is 6.04 Å². The molecule has 2 nitrogen and oxygen atoms in total. The number of pyridine rings is 1. The van der Waals surface area contributed by atoms with Gasteiger partial charge in [-0.1, -0.05) is 19.1 Å². The fraction of sp³-hybridized carbons (Fsp3) is 0.353. The molecule has 0 spiro atoms. The molecule has 1 unspecified atom stereocenters. The molecule has 98 valence electrons. The lowest BCUT2D eigenvalue weighted by Crippen LogP contribution is -2.20. The maximum atomic E-state index is 4.36. The number of hydrogen-bond donors (Lipinski definition) is 1. The first kappa shape index (κ1) is 13.6. The van der Waals surface area contributed by atoms with Crippen molar-refractivity contribution in [3.8, 4) is 11.8 Å². The summed E-state index contributed by atoms with van der Waals surface area (Å²) < 4.78 is 0. The summed E-state index contributed by atoms with van der Waals surface area (Å²) in [6.07, 6.45) is 3.81. The van der Waals surface area contributed by atoms with Crippen molar-refractivity contribution in [2.75, 3.05) is 6.54 Å². The third kappa shape index (κ3) is 3.56. The van der Waals surface area contributed by atoms with Crippen LogP contribution in [-0.2, 0) is 0 Å². The molecule has 2 heteroatoms. The second-order valence-corrected chi connectivity index (χ2v) is 4.53. The summed E-state index contributed by atoms with van der Waals surface area (Å²) in [4.78, 5) is 4.36. The molecule has 0 aliphatic carbocycles. The van der Waals surface area contributed by atoms with Gasteiger partial charge in [0.1, 0.15) is 0 Å². The third-order valence-corrected chi connectivity index (χ3v) is 3.21. The van der Waals surface area contributed by atoms with Crippen molar-refractivity contribution in [1.29, 1.82) is 0 Å². The Morgan fingerprint density at radius 3 is 3.00 bits per heavy atom. The number of nitrogens with one attached hydrogen (secondary N) is 1. The van der Waals surface area contributed by atoms with Crippen LogP contribution in [0.3, 0.4) is 0 Å². The standard InChI is InChI=1S/C17H20N2/c1-3-5-6-9-16(18-4-2)15-10-11-17-14(13-15)8-7-12-19-17/h7-8,10-13,16,18H,4,6,9H2,1-2H3. The van der Waals surface area contributed by atoms with Gasteiger partial charge in [0.25, 0.3) is 0 Å². The van der Waals surface area contributed by atoms with Gasteiger partial charge in [-0.2, -0.15) is 0 Å². The normalized spacial score (nSPS) is 11.9. The minimum Gasteiger partial charge on any atom is -0.310 e. The van der Waals surface area contributed by atoms with E-state index in [0.717, 1.165) is 24.9 Å². The Morgan fingerprint density at radius 1 is 1.32 bits per heavy atom. The average Bonchev–Trinajstić information content (AvgIpc) is 2.46. The quantitative estimate of drug-likeness (QED) is 0.821. The van der Waals surface area contributed by atoms with Crippen LogP contribution in [0, 0.1) is 11.8 Å². The van der Waals surface area contributed by atoms with Gasteiger partial charge in [0, 0.05) is 24.0 Å². The summed E-state index contributed by atoms with van der Waals surface area (Å²) in [7, 11) is 0. The number of aromatic nitrogens is 1. The van der Waals surface area contributed by atoms with Gasteiger partial charge in [-0.15, -0.1) is 11.8 Å². The van der Waals surface area contributed by atoms with Crippen LogP contribution >= 0.6 is 0 Å². The Morgan fingerprint density at radius 2 is 2.21 bits per heavy atom. The van der Waals surface area contributed by atoms with Gasteiger partial charge in [-0.05, 0) is 43.7 Å². The molecule has 0 saturated carbocycles. The summed E-state index contributed by atoms with van der Waals surface area (Å²) in [5.74, 6) is 6.10. The molecule has 0 bridgehead atoms. The van der Waals surface area contributed by atoms with Gasteiger partial charge in [-0.3, -0.25) is 4.98 Å². The summed E-state index contributed by atoms with van der Waals surface area (Å²) in [5, 5.41) is 4.73. The molecular formula is C17H20N2. The van der Waals surface area contributed by atoms with Gasteiger partial charge in [0.2, 0.25) is 0 Å². The zero-order valence-electron chi connectivity index (χ0n) is 11.6. The van der Waals surface area contributed by atoms with Crippen LogP contribution in [0.25, 0.3) is 10.9 Å². The zero-order chi connectivity index (χ0) is 13.5. The number of hydrogen-bond acceptors (Lipinski definition) is 2. The molecule has 0 radical (unpaired) electrons. The Bertz CT molecular complexity index is 593. The molecule has 0 aliphatic heterocycles. The third-order valence-electron chi connectivity index (χ3n) is 3.21. The highest BCUT2D eigenvalue weighted by Crippen LogP contribution is 2.22. The van der Waals surface area contributed by atoms with Gasteiger partial charge in [0.05, 0.1) is 5.52 Å². The molecule has 0 fully saturated rings. The largest absolute Gasteiger partial charge is 0.310 e. The molecule has 1 atom stereocenters. The Labute approximate surface area is 115 Å².